The smallest absolute Gasteiger partial charge is 0.0168 e. The van der Waals surface area contributed by atoms with Crippen LogP contribution >= 0.6 is 0 Å². The van der Waals surface area contributed by atoms with E-state index < -0.39 is 0 Å². The zero-order chi connectivity index (χ0) is 8.27. The summed E-state index contributed by atoms with van der Waals surface area (Å²) in [5.41, 5.74) is 0. The maximum absolute atomic E-state index is 10.3. The van der Waals surface area contributed by atoms with Gasteiger partial charge in [0.15, 0.2) is 0 Å². The van der Waals surface area contributed by atoms with Crippen molar-refractivity contribution in [1.82, 2.24) is 10.4 Å². The van der Waals surface area contributed by atoms with Crippen LogP contribution in [0.2, 0.25) is 0 Å². The zero-order valence-electron chi connectivity index (χ0n) is 6.62. The highest BCUT2D eigenvalue weighted by atomic mass is 17.0. The first-order chi connectivity index (χ1) is 5.20. The minimum Gasteiger partial charge on any atom is -0.761 e. The van der Waals surface area contributed by atoms with Crippen LogP contribution in [0.5, 0.6) is 0 Å². The van der Waals surface area contributed by atoms with E-state index in [0.29, 0.717) is 5.23 Å². The number of hydrogen-bond donors (Lipinski definition) is 0. The van der Waals surface area contributed by atoms with Gasteiger partial charge in [-0.2, -0.15) is 0 Å². The monoisotopic (exact) mass is 159 g/mol. The van der Waals surface area contributed by atoms with Crippen molar-refractivity contribution in [3.8, 4) is 0 Å². The van der Waals surface area contributed by atoms with Crippen LogP contribution in [0.1, 0.15) is 25.7 Å². The Kier molecular flexibility index (Phi) is 3.22. The third kappa shape index (κ3) is 2.72. The van der Waals surface area contributed by atoms with Crippen LogP contribution < -0.4 is 0 Å². The Labute approximate surface area is 66.2 Å². The highest BCUT2D eigenvalue weighted by molar-refractivity contribution is 4.72. The molecule has 5 heteroatoms. The van der Waals surface area contributed by atoms with Crippen molar-refractivity contribution in [2.24, 2.45) is 0 Å². The van der Waals surface area contributed by atoms with Crippen molar-refractivity contribution in [3.63, 3.8) is 0 Å². The van der Waals surface area contributed by atoms with Crippen LogP contribution in [0, 0.1) is 5.21 Å². The molecule has 1 aliphatic carbocycles. The second-order valence-electron chi connectivity index (χ2n) is 2.79. The average molecular weight is 159 g/mol. The van der Waals surface area contributed by atoms with E-state index in [-0.39, 0.29) is 6.04 Å². The molecule has 1 rings (SSSR count). The molecular weight excluding hydrogens is 146 g/mol. The lowest BCUT2D eigenvalue weighted by Gasteiger charge is -2.37. The molecule has 1 aliphatic rings. The Morgan fingerprint density at radius 2 is 2.00 bits per heavy atom. The number of hydrogen-bond acceptors (Lipinski definition) is 4. The Morgan fingerprint density at radius 1 is 1.45 bits per heavy atom. The van der Waals surface area contributed by atoms with Crippen LogP contribution in [0.4, 0.5) is 0 Å². The molecule has 0 aromatic carbocycles. The molecular formula is C6H13N3O2-2. The Balaban J connectivity index is 2.22. The fourth-order valence-corrected chi connectivity index (χ4v) is 1.33. The molecule has 1 fully saturated rings. The van der Waals surface area contributed by atoms with E-state index in [0.717, 1.165) is 30.9 Å². The predicted octanol–water partition coefficient (Wildman–Crippen LogP) is 1.47. The van der Waals surface area contributed by atoms with Crippen LogP contribution in [0.15, 0.2) is 0 Å². The highest BCUT2D eigenvalue weighted by Crippen LogP contribution is 2.23. The lowest BCUT2D eigenvalue weighted by Crippen LogP contribution is -2.31. The Morgan fingerprint density at radius 3 is 2.45 bits per heavy atom. The number of nitrogens with one attached hydrogen (secondary N) is 1. The lowest BCUT2D eigenvalue weighted by atomic mass is 10.3. The lowest BCUT2D eigenvalue weighted by molar-refractivity contribution is -0.285. The van der Waals surface area contributed by atoms with Gasteiger partial charge >= 0.3 is 0 Å². The number of nitrogens with zero attached hydrogens (tertiary/aromatic N) is 2. The van der Waals surface area contributed by atoms with Gasteiger partial charge < -0.3 is 11.0 Å². The molecule has 0 aromatic heterocycles. The normalized spacial score (nSPS) is 20.5. The summed E-state index contributed by atoms with van der Waals surface area (Å²) in [5, 5.41) is 11.5. The summed E-state index contributed by atoms with van der Waals surface area (Å²) in [5.74, 6) is 7.27. The van der Waals surface area contributed by atoms with Crippen molar-refractivity contribution in [2.45, 2.75) is 31.7 Å². The summed E-state index contributed by atoms with van der Waals surface area (Å²) in [7, 11) is 1.23. The van der Waals surface area contributed by atoms with Crippen LogP contribution in [-0.4, -0.2) is 23.5 Å². The van der Waals surface area contributed by atoms with Gasteiger partial charge in [0.1, 0.15) is 0 Å². The molecule has 11 heavy (non-hydrogen) atoms. The van der Waals surface area contributed by atoms with Gasteiger partial charge in [-0.15, -0.1) is 0 Å². The van der Waals surface area contributed by atoms with E-state index in [2.05, 4.69) is 4.94 Å². The van der Waals surface area contributed by atoms with Crippen LogP contribution in [0.25, 0.3) is 5.84 Å². The number of hydroxylamine groups is 3. The predicted molar refractivity (Wildman–Crippen MR) is 40.6 cm³/mol. The maximum atomic E-state index is 10.3. The molecule has 0 radical (unpaired) electrons. The van der Waals surface area contributed by atoms with E-state index in [1.54, 1.807) is 0 Å². The third-order valence-electron chi connectivity index (χ3n) is 1.86. The zero-order valence-corrected chi connectivity index (χ0v) is 6.62. The van der Waals surface area contributed by atoms with E-state index in [9.17, 15) is 5.21 Å². The van der Waals surface area contributed by atoms with Crippen molar-refractivity contribution < 1.29 is 4.94 Å². The van der Waals surface area contributed by atoms with Gasteiger partial charge in [0.05, 0.1) is 0 Å². The molecule has 0 aliphatic heterocycles. The summed E-state index contributed by atoms with van der Waals surface area (Å²) < 4.78 is 0. The highest BCUT2D eigenvalue weighted by Gasteiger charge is 2.16. The molecule has 0 saturated heterocycles. The summed E-state index contributed by atoms with van der Waals surface area (Å²) in [6.45, 7) is 0. The maximum Gasteiger partial charge on any atom is 0.0168 e. The first-order valence-electron chi connectivity index (χ1n) is 3.79. The largest absolute Gasteiger partial charge is 0.761 e. The van der Waals surface area contributed by atoms with E-state index in [4.69, 9.17) is 5.84 Å². The van der Waals surface area contributed by atoms with Gasteiger partial charge in [-0.3, -0.25) is 5.17 Å². The van der Waals surface area contributed by atoms with Gasteiger partial charge in [-0.25, -0.2) is 10.2 Å². The molecule has 1 N–H and O–H groups in total. The van der Waals surface area contributed by atoms with Crippen molar-refractivity contribution >= 4 is 0 Å². The molecule has 1 saturated carbocycles. The minimum atomic E-state index is 0.103. The van der Waals surface area contributed by atoms with E-state index in [1.807, 2.05) is 0 Å². The average Bonchev–Trinajstić information content (AvgIpc) is 2.35. The SMILES string of the molecule is CN([O-])ON([NH-])C1CCCC1. The van der Waals surface area contributed by atoms with Gasteiger partial charge in [-0.05, 0) is 12.8 Å². The fraction of sp³-hybridized carbons (Fsp3) is 1.00. The summed E-state index contributed by atoms with van der Waals surface area (Å²) >= 11 is 0. The molecule has 0 atom stereocenters. The molecule has 0 heterocycles. The second-order valence-corrected chi connectivity index (χ2v) is 2.79. The summed E-state index contributed by atoms with van der Waals surface area (Å²) in [6, 6.07) is 0.103. The van der Waals surface area contributed by atoms with Gasteiger partial charge in [0, 0.05) is 13.1 Å². The van der Waals surface area contributed by atoms with E-state index in [1.165, 1.54) is 7.05 Å². The molecule has 5 nitrogen and oxygen atoms in total. The quantitative estimate of drug-likeness (QED) is 0.585. The minimum absolute atomic E-state index is 0.103. The summed E-state index contributed by atoms with van der Waals surface area (Å²) in [6.07, 6.45) is 4.17. The molecule has 0 aromatic rings. The van der Waals surface area contributed by atoms with Crippen LogP contribution in [0.3, 0.4) is 0 Å². The Bertz CT molecular complexity index is 114. The first-order valence-corrected chi connectivity index (χ1v) is 3.79. The van der Waals surface area contributed by atoms with Gasteiger partial charge in [0.25, 0.3) is 0 Å². The van der Waals surface area contributed by atoms with Crippen molar-refractivity contribution in [2.75, 3.05) is 7.05 Å². The molecule has 0 bridgehead atoms. The summed E-state index contributed by atoms with van der Waals surface area (Å²) in [4.78, 5) is 4.51. The number of rotatable bonds is 3. The molecule has 0 amide bonds. The van der Waals surface area contributed by atoms with Crippen LogP contribution in [-0.2, 0) is 4.94 Å². The van der Waals surface area contributed by atoms with Gasteiger partial charge in [0.2, 0.25) is 0 Å². The molecule has 66 valence electrons. The first kappa shape index (κ1) is 8.89. The second kappa shape index (κ2) is 3.99. The van der Waals surface area contributed by atoms with Crippen molar-refractivity contribution in [1.29, 1.82) is 0 Å². The third-order valence-corrected chi connectivity index (χ3v) is 1.86. The van der Waals surface area contributed by atoms with E-state index >= 15 is 0 Å². The topological polar surface area (TPSA) is 62.6 Å². The molecule has 0 spiro atoms. The standard InChI is InChI=1S/C6H13N3O2/c1-8(10)11-9(7)6-4-2-3-5-6/h6-7H,2-5H2,1H3/q-2. The van der Waals surface area contributed by atoms with Gasteiger partial charge in [-0.1, -0.05) is 12.8 Å². The molecule has 0 unspecified atom stereocenters. The Hall–Kier alpha value is -0.200. The van der Waals surface area contributed by atoms with Crippen molar-refractivity contribution in [3.05, 3.63) is 11.0 Å². The fourth-order valence-electron chi connectivity index (χ4n) is 1.33.